The number of rotatable bonds is 9. The van der Waals surface area contributed by atoms with Crippen molar-refractivity contribution in [2.45, 2.75) is 65.3 Å². The Morgan fingerprint density at radius 2 is 1.80 bits per heavy atom. The van der Waals surface area contributed by atoms with Gasteiger partial charge in [0.15, 0.2) is 0 Å². The predicted molar refractivity (Wildman–Crippen MR) is 62.0 cm³/mol. The number of hydrogen-bond acceptors (Lipinski definition) is 3. The summed E-state index contributed by atoms with van der Waals surface area (Å²) in [6.45, 7) is 9.02. The van der Waals surface area contributed by atoms with Gasteiger partial charge in [-0.05, 0) is 27.2 Å². The van der Waals surface area contributed by atoms with Crippen molar-refractivity contribution < 1.29 is 14.6 Å². The summed E-state index contributed by atoms with van der Waals surface area (Å²) in [6.07, 6.45) is 3.19. The fourth-order valence-corrected chi connectivity index (χ4v) is 1.47. The molecule has 0 spiro atoms. The van der Waals surface area contributed by atoms with Crippen LogP contribution in [0.4, 0.5) is 0 Å². The van der Waals surface area contributed by atoms with Gasteiger partial charge in [0, 0.05) is 6.61 Å². The molecule has 0 radical (unpaired) electrons. The SMILES string of the molecule is CCCCC(OCC)C(C)OCC(C)O. The maximum atomic E-state index is 9.12. The summed E-state index contributed by atoms with van der Waals surface area (Å²) in [6, 6.07) is 0. The molecule has 0 aromatic rings. The zero-order valence-corrected chi connectivity index (χ0v) is 10.5. The van der Waals surface area contributed by atoms with E-state index in [-0.39, 0.29) is 12.2 Å². The number of aliphatic hydroxyl groups excluding tert-OH is 1. The lowest BCUT2D eigenvalue weighted by Gasteiger charge is -2.24. The summed E-state index contributed by atoms with van der Waals surface area (Å²) in [5, 5.41) is 9.12. The molecule has 3 atom stereocenters. The van der Waals surface area contributed by atoms with Gasteiger partial charge in [-0.25, -0.2) is 0 Å². The molecule has 0 aromatic carbocycles. The molecule has 0 aliphatic rings. The molecule has 0 bridgehead atoms. The van der Waals surface area contributed by atoms with E-state index in [4.69, 9.17) is 14.6 Å². The van der Waals surface area contributed by atoms with Crippen molar-refractivity contribution in [1.29, 1.82) is 0 Å². The van der Waals surface area contributed by atoms with Crippen molar-refractivity contribution in [3.8, 4) is 0 Å². The summed E-state index contributed by atoms with van der Waals surface area (Å²) in [7, 11) is 0. The third-order valence-electron chi connectivity index (χ3n) is 2.35. The minimum absolute atomic E-state index is 0.0612. The minimum Gasteiger partial charge on any atom is -0.391 e. The first kappa shape index (κ1) is 14.9. The van der Waals surface area contributed by atoms with Crippen LogP contribution in [-0.2, 0) is 9.47 Å². The Kier molecular flexibility index (Phi) is 9.06. The van der Waals surface area contributed by atoms with Gasteiger partial charge < -0.3 is 14.6 Å². The molecule has 0 rings (SSSR count). The highest BCUT2D eigenvalue weighted by Crippen LogP contribution is 2.12. The Hall–Kier alpha value is -0.120. The van der Waals surface area contributed by atoms with Crippen LogP contribution in [0.5, 0.6) is 0 Å². The van der Waals surface area contributed by atoms with Crippen molar-refractivity contribution in [1.82, 2.24) is 0 Å². The highest BCUT2D eigenvalue weighted by atomic mass is 16.5. The van der Waals surface area contributed by atoms with Gasteiger partial charge in [-0.1, -0.05) is 19.8 Å². The topological polar surface area (TPSA) is 38.7 Å². The van der Waals surface area contributed by atoms with E-state index in [2.05, 4.69) is 6.92 Å². The number of aliphatic hydroxyl groups is 1. The lowest BCUT2D eigenvalue weighted by atomic mass is 10.1. The largest absolute Gasteiger partial charge is 0.391 e. The van der Waals surface area contributed by atoms with Gasteiger partial charge in [0.25, 0.3) is 0 Å². The molecule has 92 valence electrons. The standard InChI is InChI=1S/C12H26O3/c1-5-7-8-12(14-6-2)11(4)15-9-10(3)13/h10-13H,5-9H2,1-4H3. The van der Waals surface area contributed by atoms with E-state index in [0.29, 0.717) is 6.61 Å². The summed E-state index contributed by atoms with van der Waals surface area (Å²) in [5.41, 5.74) is 0. The molecule has 0 aromatic heterocycles. The molecular formula is C12H26O3. The van der Waals surface area contributed by atoms with Crippen LogP contribution < -0.4 is 0 Å². The Bertz CT molecular complexity index is 137. The van der Waals surface area contributed by atoms with Crippen LogP contribution in [0, 0.1) is 0 Å². The Labute approximate surface area is 93.8 Å². The summed E-state index contributed by atoms with van der Waals surface area (Å²) < 4.78 is 11.2. The Balaban J connectivity index is 3.86. The molecule has 3 unspecified atom stereocenters. The smallest absolute Gasteiger partial charge is 0.0833 e. The van der Waals surface area contributed by atoms with Crippen molar-refractivity contribution >= 4 is 0 Å². The maximum absolute atomic E-state index is 9.12. The zero-order chi connectivity index (χ0) is 11.7. The van der Waals surface area contributed by atoms with Crippen molar-refractivity contribution in [2.24, 2.45) is 0 Å². The van der Waals surface area contributed by atoms with Crippen LogP contribution in [0.2, 0.25) is 0 Å². The molecular weight excluding hydrogens is 192 g/mol. The van der Waals surface area contributed by atoms with E-state index in [1.54, 1.807) is 6.92 Å². The van der Waals surface area contributed by atoms with Crippen LogP contribution >= 0.6 is 0 Å². The molecule has 0 aliphatic heterocycles. The highest BCUT2D eigenvalue weighted by Gasteiger charge is 2.17. The summed E-state index contributed by atoms with van der Waals surface area (Å²) in [5.74, 6) is 0. The van der Waals surface area contributed by atoms with Gasteiger partial charge in [0.05, 0.1) is 24.9 Å². The second-order valence-electron chi connectivity index (χ2n) is 4.02. The second-order valence-corrected chi connectivity index (χ2v) is 4.02. The Morgan fingerprint density at radius 1 is 1.13 bits per heavy atom. The number of unbranched alkanes of at least 4 members (excludes halogenated alkanes) is 1. The maximum Gasteiger partial charge on any atom is 0.0833 e. The third-order valence-corrected chi connectivity index (χ3v) is 2.35. The molecule has 15 heavy (non-hydrogen) atoms. The molecule has 3 nitrogen and oxygen atoms in total. The zero-order valence-electron chi connectivity index (χ0n) is 10.5. The normalized spacial score (nSPS) is 17.4. The molecule has 3 heteroatoms. The van der Waals surface area contributed by atoms with Gasteiger partial charge in [-0.3, -0.25) is 0 Å². The van der Waals surface area contributed by atoms with Gasteiger partial charge in [-0.2, -0.15) is 0 Å². The minimum atomic E-state index is -0.402. The van der Waals surface area contributed by atoms with E-state index >= 15 is 0 Å². The van der Waals surface area contributed by atoms with E-state index in [0.717, 1.165) is 19.4 Å². The van der Waals surface area contributed by atoms with Crippen LogP contribution in [0.25, 0.3) is 0 Å². The lowest BCUT2D eigenvalue weighted by Crippen LogP contribution is -2.31. The monoisotopic (exact) mass is 218 g/mol. The molecule has 0 fully saturated rings. The number of ether oxygens (including phenoxy) is 2. The molecule has 0 saturated carbocycles. The summed E-state index contributed by atoms with van der Waals surface area (Å²) >= 11 is 0. The van der Waals surface area contributed by atoms with Gasteiger partial charge in [0.1, 0.15) is 0 Å². The van der Waals surface area contributed by atoms with Crippen molar-refractivity contribution in [3.63, 3.8) is 0 Å². The van der Waals surface area contributed by atoms with Gasteiger partial charge in [-0.15, -0.1) is 0 Å². The van der Waals surface area contributed by atoms with Gasteiger partial charge >= 0.3 is 0 Å². The van der Waals surface area contributed by atoms with Crippen LogP contribution in [-0.4, -0.2) is 36.6 Å². The second kappa shape index (κ2) is 9.13. The van der Waals surface area contributed by atoms with Crippen molar-refractivity contribution in [3.05, 3.63) is 0 Å². The predicted octanol–water partition coefficient (Wildman–Crippen LogP) is 2.37. The fraction of sp³-hybridized carbons (Fsp3) is 1.00. The molecule has 0 heterocycles. The first-order chi connectivity index (χ1) is 7.11. The fourth-order valence-electron chi connectivity index (χ4n) is 1.47. The third kappa shape index (κ3) is 7.77. The van der Waals surface area contributed by atoms with E-state index in [1.165, 1.54) is 6.42 Å². The highest BCUT2D eigenvalue weighted by molar-refractivity contribution is 4.67. The quantitative estimate of drug-likeness (QED) is 0.645. The van der Waals surface area contributed by atoms with E-state index < -0.39 is 6.10 Å². The molecule has 0 aliphatic carbocycles. The average Bonchev–Trinajstić information content (AvgIpc) is 2.20. The first-order valence-electron chi connectivity index (χ1n) is 6.03. The molecule has 0 saturated heterocycles. The Morgan fingerprint density at radius 3 is 2.27 bits per heavy atom. The van der Waals surface area contributed by atoms with Crippen LogP contribution in [0.3, 0.4) is 0 Å². The average molecular weight is 218 g/mol. The number of hydrogen-bond donors (Lipinski definition) is 1. The van der Waals surface area contributed by atoms with Gasteiger partial charge in [0.2, 0.25) is 0 Å². The summed E-state index contributed by atoms with van der Waals surface area (Å²) in [4.78, 5) is 0. The molecule has 0 amide bonds. The van der Waals surface area contributed by atoms with E-state index in [1.807, 2.05) is 13.8 Å². The molecule has 1 N–H and O–H groups in total. The van der Waals surface area contributed by atoms with E-state index in [9.17, 15) is 0 Å². The van der Waals surface area contributed by atoms with Crippen molar-refractivity contribution in [2.75, 3.05) is 13.2 Å². The van der Waals surface area contributed by atoms with Crippen LogP contribution in [0.15, 0.2) is 0 Å². The lowest BCUT2D eigenvalue weighted by molar-refractivity contribution is -0.0824. The first-order valence-corrected chi connectivity index (χ1v) is 6.03. The van der Waals surface area contributed by atoms with Crippen LogP contribution in [0.1, 0.15) is 47.0 Å².